The summed E-state index contributed by atoms with van der Waals surface area (Å²) in [6.07, 6.45) is 4.03. The van der Waals surface area contributed by atoms with Gasteiger partial charge in [-0.15, -0.1) is 0 Å². The van der Waals surface area contributed by atoms with Crippen molar-refractivity contribution in [3.63, 3.8) is 0 Å². The van der Waals surface area contributed by atoms with Crippen LogP contribution in [0.15, 0.2) is 33.7 Å². The summed E-state index contributed by atoms with van der Waals surface area (Å²) in [4.78, 5) is 11.5. The van der Waals surface area contributed by atoms with Crippen molar-refractivity contribution >= 4 is 23.2 Å². The third-order valence-electron chi connectivity index (χ3n) is 1.55. The smallest absolute Gasteiger partial charge is 0.260 e. The van der Waals surface area contributed by atoms with E-state index < -0.39 is 0 Å². The summed E-state index contributed by atoms with van der Waals surface area (Å²) in [6, 6.07) is 1.48. The summed E-state index contributed by atoms with van der Waals surface area (Å²) in [5.41, 5.74) is 0.736. The van der Waals surface area contributed by atoms with Crippen LogP contribution in [0.25, 0.3) is 0 Å². The first-order valence-corrected chi connectivity index (χ1v) is 4.09. The topological polar surface area (TPSA) is 68.3 Å². The molecule has 2 aromatic rings. The predicted molar refractivity (Wildman–Crippen MR) is 48.2 cm³/mol. The number of carbonyl (C=O) groups is 1. The molecular formula is C8H5ClN2O3. The van der Waals surface area contributed by atoms with Crippen molar-refractivity contribution in [3.8, 4) is 0 Å². The van der Waals surface area contributed by atoms with Gasteiger partial charge in [0.15, 0.2) is 0 Å². The molecule has 14 heavy (non-hydrogen) atoms. The number of carbonyl (C=O) groups excluding carboxylic acids is 1. The van der Waals surface area contributed by atoms with Crippen LogP contribution in [0.1, 0.15) is 10.4 Å². The second kappa shape index (κ2) is 3.55. The Kier molecular flexibility index (Phi) is 2.24. The van der Waals surface area contributed by atoms with Crippen LogP contribution in [-0.2, 0) is 0 Å². The molecule has 1 N–H and O–H groups in total. The van der Waals surface area contributed by atoms with E-state index in [0.29, 0.717) is 5.69 Å². The standard InChI is InChI=1S/C8H5ClN2O3/c9-7-6(1-2-13-7)8(12)11-5-3-10-14-4-5/h1-4H,(H,11,12). The Hall–Kier alpha value is -1.75. The van der Waals surface area contributed by atoms with Gasteiger partial charge in [-0.3, -0.25) is 4.79 Å². The molecule has 72 valence electrons. The van der Waals surface area contributed by atoms with Crippen LogP contribution in [0.2, 0.25) is 5.22 Å². The summed E-state index contributed by atoms with van der Waals surface area (Å²) < 4.78 is 9.31. The molecule has 0 aromatic carbocycles. The van der Waals surface area contributed by atoms with Gasteiger partial charge >= 0.3 is 0 Å². The second-order valence-electron chi connectivity index (χ2n) is 2.48. The molecule has 0 fully saturated rings. The summed E-state index contributed by atoms with van der Waals surface area (Å²) in [5, 5.41) is 6.01. The van der Waals surface area contributed by atoms with Crippen molar-refractivity contribution < 1.29 is 13.7 Å². The number of nitrogens with one attached hydrogen (secondary N) is 1. The van der Waals surface area contributed by atoms with Crippen LogP contribution in [0.3, 0.4) is 0 Å². The van der Waals surface area contributed by atoms with Crippen LogP contribution in [0.5, 0.6) is 0 Å². The fraction of sp³-hybridized carbons (Fsp3) is 0. The number of halogens is 1. The number of anilines is 1. The highest BCUT2D eigenvalue weighted by molar-refractivity contribution is 6.32. The van der Waals surface area contributed by atoms with Crippen molar-refractivity contribution in [2.75, 3.05) is 5.32 Å². The number of rotatable bonds is 2. The Balaban J connectivity index is 2.14. The molecule has 5 nitrogen and oxygen atoms in total. The first-order valence-electron chi connectivity index (χ1n) is 3.71. The van der Waals surface area contributed by atoms with Gasteiger partial charge in [0.2, 0.25) is 5.22 Å². The van der Waals surface area contributed by atoms with E-state index in [2.05, 4.69) is 15.0 Å². The first kappa shape index (κ1) is 8.83. The van der Waals surface area contributed by atoms with Crippen LogP contribution >= 0.6 is 11.6 Å². The Morgan fingerprint density at radius 1 is 1.57 bits per heavy atom. The predicted octanol–water partition coefficient (Wildman–Crippen LogP) is 2.17. The number of aromatic nitrogens is 1. The van der Waals surface area contributed by atoms with Crippen LogP contribution in [-0.4, -0.2) is 11.1 Å². The van der Waals surface area contributed by atoms with Crippen LogP contribution in [0.4, 0.5) is 5.69 Å². The molecule has 0 aliphatic carbocycles. The third kappa shape index (κ3) is 1.62. The molecule has 2 aromatic heterocycles. The molecule has 6 heteroatoms. The van der Waals surface area contributed by atoms with Crippen molar-refractivity contribution in [1.29, 1.82) is 0 Å². The lowest BCUT2D eigenvalue weighted by atomic mass is 10.3. The fourth-order valence-corrected chi connectivity index (χ4v) is 1.12. The van der Waals surface area contributed by atoms with Gasteiger partial charge in [-0.05, 0) is 17.7 Å². The summed E-state index contributed by atoms with van der Waals surface area (Å²) in [5.74, 6) is -0.369. The average molecular weight is 213 g/mol. The number of hydrogen-bond donors (Lipinski definition) is 1. The Morgan fingerprint density at radius 3 is 3.00 bits per heavy atom. The van der Waals surface area contributed by atoms with E-state index in [-0.39, 0.29) is 16.7 Å². The van der Waals surface area contributed by atoms with Crippen molar-refractivity contribution in [1.82, 2.24) is 5.16 Å². The molecule has 2 rings (SSSR count). The van der Waals surface area contributed by atoms with Crippen LogP contribution < -0.4 is 5.32 Å². The highest BCUT2D eigenvalue weighted by atomic mass is 35.5. The minimum absolute atomic E-state index is 0.0546. The number of amides is 1. The Labute approximate surface area is 83.6 Å². The lowest BCUT2D eigenvalue weighted by Crippen LogP contribution is -2.10. The van der Waals surface area contributed by atoms with E-state index in [4.69, 9.17) is 16.0 Å². The van der Waals surface area contributed by atoms with E-state index >= 15 is 0 Å². The number of furan rings is 1. The minimum atomic E-state index is -0.369. The highest BCUT2D eigenvalue weighted by Crippen LogP contribution is 2.18. The second-order valence-corrected chi connectivity index (χ2v) is 2.82. The maximum Gasteiger partial charge on any atom is 0.260 e. The molecule has 0 saturated carbocycles. The molecule has 2 heterocycles. The zero-order chi connectivity index (χ0) is 9.97. The molecule has 0 spiro atoms. The SMILES string of the molecule is O=C(Nc1cnoc1)c1ccoc1Cl. The minimum Gasteiger partial charge on any atom is -0.452 e. The number of nitrogens with zero attached hydrogens (tertiary/aromatic N) is 1. The Bertz CT molecular complexity index is 435. The molecule has 0 atom stereocenters. The molecular weight excluding hydrogens is 208 g/mol. The van der Waals surface area contributed by atoms with E-state index in [1.165, 1.54) is 24.8 Å². The van der Waals surface area contributed by atoms with Gasteiger partial charge in [-0.1, -0.05) is 5.16 Å². The molecule has 0 aliphatic rings. The maximum atomic E-state index is 11.5. The molecule has 0 unspecified atom stereocenters. The maximum absolute atomic E-state index is 11.5. The van der Waals surface area contributed by atoms with E-state index in [1.54, 1.807) is 0 Å². The number of hydrogen-bond acceptors (Lipinski definition) is 4. The summed E-state index contributed by atoms with van der Waals surface area (Å²) in [7, 11) is 0. The fourth-order valence-electron chi connectivity index (χ4n) is 0.921. The largest absolute Gasteiger partial charge is 0.452 e. The molecule has 0 bridgehead atoms. The van der Waals surface area contributed by atoms with E-state index in [9.17, 15) is 4.79 Å². The summed E-state index contributed by atoms with van der Waals surface area (Å²) in [6.45, 7) is 0. The third-order valence-corrected chi connectivity index (χ3v) is 1.85. The monoisotopic (exact) mass is 212 g/mol. The van der Waals surface area contributed by atoms with Gasteiger partial charge in [0.05, 0.1) is 18.0 Å². The van der Waals surface area contributed by atoms with Gasteiger partial charge in [-0.2, -0.15) is 0 Å². The lowest BCUT2D eigenvalue weighted by molar-refractivity contribution is 0.102. The Morgan fingerprint density at radius 2 is 2.43 bits per heavy atom. The van der Waals surface area contributed by atoms with Gasteiger partial charge in [0.25, 0.3) is 5.91 Å². The van der Waals surface area contributed by atoms with Crippen molar-refractivity contribution in [2.45, 2.75) is 0 Å². The average Bonchev–Trinajstić information content (AvgIpc) is 2.75. The lowest BCUT2D eigenvalue weighted by Gasteiger charge is -1.97. The first-order chi connectivity index (χ1) is 6.77. The molecule has 0 radical (unpaired) electrons. The van der Waals surface area contributed by atoms with E-state index in [1.807, 2.05) is 0 Å². The van der Waals surface area contributed by atoms with Gasteiger partial charge in [0.1, 0.15) is 12.0 Å². The van der Waals surface area contributed by atoms with Crippen molar-refractivity contribution in [2.24, 2.45) is 0 Å². The zero-order valence-electron chi connectivity index (χ0n) is 6.86. The normalized spacial score (nSPS) is 10.1. The molecule has 0 saturated heterocycles. The zero-order valence-corrected chi connectivity index (χ0v) is 7.62. The quantitative estimate of drug-likeness (QED) is 0.828. The van der Waals surface area contributed by atoms with Crippen molar-refractivity contribution in [3.05, 3.63) is 35.6 Å². The summed E-state index contributed by atoms with van der Waals surface area (Å²) >= 11 is 5.61. The van der Waals surface area contributed by atoms with Gasteiger partial charge < -0.3 is 14.3 Å². The molecule has 1 amide bonds. The molecule has 0 aliphatic heterocycles. The van der Waals surface area contributed by atoms with Gasteiger partial charge in [-0.25, -0.2) is 0 Å². The van der Waals surface area contributed by atoms with E-state index in [0.717, 1.165) is 0 Å². The highest BCUT2D eigenvalue weighted by Gasteiger charge is 2.13. The van der Waals surface area contributed by atoms with Gasteiger partial charge in [0, 0.05) is 0 Å². The van der Waals surface area contributed by atoms with Crippen LogP contribution in [0, 0.1) is 0 Å².